The second kappa shape index (κ2) is 13.1. The van der Waals surface area contributed by atoms with Gasteiger partial charge in [-0.15, -0.1) is 0 Å². The van der Waals surface area contributed by atoms with Gasteiger partial charge in [0, 0.05) is 29.7 Å². The van der Waals surface area contributed by atoms with Gasteiger partial charge in [-0.2, -0.15) is 0 Å². The van der Waals surface area contributed by atoms with Gasteiger partial charge in [-0.1, -0.05) is 49.7 Å². The number of hydrogen-bond acceptors (Lipinski definition) is 4. The molecule has 8 heteroatoms. The second-order valence-electron chi connectivity index (χ2n) is 7.96. The van der Waals surface area contributed by atoms with E-state index in [1.165, 1.54) is 0 Å². The number of carbonyl (C=O) groups is 2. The standard InChI is InChI=1S/C24H32ClN3O4/c1-16(2)12-20(26-3)14-28-23(29)21-9-5-7-18(15-32-11-10-27-24(30)31)22(21)17-6-4-8-19(25)13-17/h4-9,13,16,20,26-27H,10-12,14-15H2,1-3H3,(H,28,29)(H,30,31)/t20-/m0/s1. The Kier molecular flexibility index (Phi) is 10.5. The lowest BCUT2D eigenvalue weighted by atomic mass is 9.94. The minimum absolute atomic E-state index is 0.168. The van der Waals surface area contributed by atoms with Gasteiger partial charge < -0.3 is 25.8 Å². The van der Waals surface area contributed by atoms with E-state index in [1.54, 1.807) is 12.1 Å². The topological polar surface area (TPSA) is 99.7 Å². The second-order valence-corrected chi connectivity index (χ2v) is 8.40. The Hall–Kier alpha value is -2.61. The van der Waals surface area contributed by atoms with Crippen LogP contribution in [0.3, 0.4) is 0 Å². The summed E-state index contributed by atoms with van der Waals surface area (Å²) >= 11 is 6.22. The monoisotopic (exact) mass is 461 g/mol. The molecule has 2 aromatic carbocycles. The molecule has 2 rings (SSSR count). The van der Waals surface area contributed by atoms with Crippen LogP contribution < -0.4 is 16.0 Å². The number of likely N-dealkylation sites (N-methyl/N-ethyl adjacent to an activating group) is 1. The van der Waals surface area contributed by atoms with E-state index in [9.17, 15) is 9.59 Å². The van der Waals surface area contributed by atoms with E-state index >= 15 is 0 Å². The lowest BCUT2D eigenvalue weighted by Crippen LogP contribution is -2.40. The highest BCUT2D eigenvalue weighted by molar-refractivity contribution is 6.30. The van der Waals surface area contributed by atoms with E-state index in [2.05, 4.69) is 29.8 Å². The number of rotatable bonds is 12. The van der Waals surface area contributed by atoms with Crippen molar-refractivity contribution in [2.24, 2.45) is 5.92 Å². The van der Waals surface area contributed by atoms with Gasteiger partial charge in [0.05, 0.1) is 13.2 Å². The zero-order valence-electron chi connectivity index (χ0n) is 18.8. The van der Waals surface area contributed by atoms with Gasteiger partial charge in [0.2, 0.25) is 0 Å². The van der Waals surface area contributed by atoms with Crippen molar-refractivity contribution in [3.05, 3.63) is 58.6 Å². The van der Waals surface area contributed by atoms with E-state index in [-0.39, 0.29) is 31.7 Å². The van der Waals surface area contributed by atoms with E-state index in [0.717, 1.165) is 23.1 Å². The van der Waals surface area contributed by atoms with Crippen molar-refractivity contribution in [3.63, 3.8) is 0 Å². The maximum atomic E-state index is 13.1. The maximum absolute atomic E-state index is 13.1. The molecule has 0 spiro atoms. The van der Waals surface area contributed by atoms with Crippen LogP contribution in [-0.4, -0.2) is 49.9 Å². The highest BCUT2D eigenvalue weighted by atomic mass is 35.5. The largest absolute Gasteiger partial charge is 0.465 e. The summed E-state index contributed by atoms with van der Waals surface area (Å²) in [5.74, 6) is 0.348. The normalized spacial score (nSPS) is 11.9. The molecule has 0 fully saturated rings. The summed E-state index contributed by atoms with van der Waals surface area (Å²) in [5.41, 5.74) is 2.93. The van der Waals surface area contributed by atoms with Crippen molar-refractivity contribution in [2.45, 2.75) is 32.9 Å². The van der Waals surface area contributed by atoms with Gasteiger partial charge in [-0.05, 0) is 54.3 Å². The van der Waals surface area contributed by atoms with E-state index in [0.29, 0.717) is 23.0 Å². The van der Waals surface area contributed by atoms with Gasteiger partial charge in [-0.25, -0.2) is 4.79 Å². The number of ether oxygens (including phenoxy) is 1. The summed E-state index contributed by atoms with van der Waals surface area (Å²) in [6.45, 7) is 5.46. The molecule has 32 heavy (non-hydrogen) atoms. The van der Waals surface area contributed by atoms with Crippen molar-refractivity contribution in [1.29, 1.82) is 0 Å². The number of hydrogen-bond donors (Lipinski definition) is 4. The quantitative estimate of drug-likeness (QED) is 0.356. The maximum Gasteiger partial charge on any atom is 0.404 e. The van der Waals surface area contributed by atoms with Crippen molar-refractivity contribution in [3.8, 4) is 11.1 Å². The average Bonchev–Trinajstić information content (AvgIpc) is 2.75. The lowest BCUT2D eigenvalue weighted by Gasteiger charge is -2.20. The Morgan fingerprint density at radius 1 is 1.12 bits per heavy atom. The molecule has 0 aliphatic carbocycles. The molecule has 4 N–H and O–H groups in total. The van der Waals surface area contributed by atoms with Crippen molar-refractivity contribution < 1.29 is 19.4 Å². The van der Waals surface area contributed by atoms with Crippen LogP contribution in [0.25, 0.3) is 11.1 Å². The molecule has 0 saturated heterocycles. The average molecular weight is 462 g/mol. The number of carbonyl (C=O) groups excluding carboxylic acids is 1. The Morgan fingerprint density at radius 2 is 1.88 bits per heavy atom. The van der Waals surface area contributed by atoms with Crippen LogP contribution in [0.5, 0.6) is 0 Å². The SMILES string of the molecule is CN[C@H](CNC(=O)c1cccc(COCCNC(=O)O)c1-c1cccc(Cl)c1)CC(C)C. The summed E-state index contributed by atoms with van der Waals surface area (Å²) in [5, 5.41) is 17.8. The summed E-state index contributed by atoms with van der Waals surface area (Å²) in [7, 11) is 1.90. The minimum Gasteiger partial charge on any atom is -0.465 e. The molecule has 2 amide bonds. The summed E-state index contributed by atoms with van der Waals surface area (Å²) in [6, 6.07) is 13.0. The molecule has 0 heterocycles. The molecule has 0 bridgehead atoms. The zero-order chi connectivity index (χ0) is 23.5. The third kappa shape index (κ3) is 8.15. The fourth-order valence-electron chi connectivity index (χ4n) is 3.49. The van der Waals surface area contributed by atoms with Crippen molar-refractivity contribution in [2.75, 3.05) is 26.7 Å². The van der Waals surface area contributed by atoms with Crippen molar-refractivity contribution in [1.82, 2.24) is 16.0 Å². The van der Waals surface area contributed by atoms with Gasteiger partial charge in [0.1, 0.15) is 0 Å². The lowest BCUT2D eigenvalue weighted by molar-refractivity contribution is 0.0948. The predicted molar refractivity (Wildman–Crippen MR) is 127 cm³/mol. The number of nitrogens with one attached hydrogen (secondary N) is 3. The number of benzene rings is 2. The molecule has 1 atom stereocenters. The Bertz CT molecular complexity index is 905. The zero-order valence-corrected chi connectivity index (χ0v) is 19.5. The summed E-state index contributed by atoms with van der Waals surface area (Å²) in [6.07, 6.45) is -0.139. The van der Waals surface area contributed by atoms with Crippen LogP contribution in [0, 0.1) is 5.92 Å². The highest BCUT2D eigenvalue weighted by Crippen LogP contribution is 2.30. The number of amides is 2. The molecule has 0 saturated carbocycles. The Labute approximate surface area is 194 Å². The van der Waals surface area contributed by atoms with Crippen LogP contribution in [0.4, 0.5) is 4.79 Å². The van der Waals surface area contributed by atoms with Gasteiger partial charge in [0.25, 0.3) is 5.91 Å². The molecular weight excluding hydrogens is 430 g/mol. The first kappa shape index (κ1) is 25.6. The molecule has 0 aliphatic heterocycles. The van der Waals surface area contributed by atoms with Gasteiger partial charge >= 0.3 is 6.09 Å². The van der Waals surface area contributed by atoms with Crippen LogP contribution >= 0.6 is 11.6 Å². The first-order chi connectivity index (χ1) is 15.3. The highest BCUT2D eigenvalue weighted by Gasteiger charge is 2.18. The molecule has 2 aromatic rings. The first-order valence-electron chi connectivity index (χ1n) is 10.7. The fourth-order valence-corrected chi connectivity index (χ4v) is 3.68. The molecule has 0 aromatic heterocycles. The summed E-state index contributed by atoms with van der Waals surface area (Å²) in [4.78, 5) is 23.7. The third-order valence-corrected chi connectivity index (χ3v) is 5.20. The van der Waals surface area contributed by atoms with Crippen LogP contribution in [0.15, 0.2) is 42.5 Å². The van der Waals surface area contributed by atoms with E-state index < -0.39 is 6.09 Å². The Morgan fingerprint density at radius 3 is 2.53 bits per heavy atom. The summed E-state index contributed by atoms with van der Waals surface area (Å²) < 4.78 is 5.66. The molecule has 174 valence electrons. The van der Waals surface area contributed by atoms with Crippen LogP contribution in [-0.2, 0) is 11.3 Å². The smallest absolute Gasteiger partial charge is 0.404 e. The van der Waals surface area contributed by atoms with E-state index in [1.807, 2.05) is 37.4 Å². The molecular formula is C24H32ClN3O4. The van der Waals surface area contributed by atoms with E-state index in [4.69, 9.17) is 21.4 Å². The van der Waals surface area contributed by atoms with Crippen LogP contribution in [0.1, 0.15) is 36.2 Å². The molecule has 0 unspecified atom stereocenters. The fraction of sp³-hybridized carbons (Fsp3) is 0.417. The Balaban J connectivity index is 2.25. The number of halogens is 1. The van der Waals surface area contributed by atoms with Gasteiger partial charge in [-0.3, -0.25) is 4.79 Å². The van der Waals surface area contributed by atoms with Crippen molar-refractivity contribution >= 4 is 23.6 Å². The van der Waals surface area contributed by atoms with Gasteiger partial charge in [0.15, 0.2) is 0 Å². The molecule has 0 aliphatic rings. The minimum atomic E-state index is -1.09. The van der Waals surface area contributed by atoms with Crippen LogP contribution in [0.2, 0.25) is 5.02 Å². The first-order valence-corrected chi connectivity index (χ1v) is 11.1. The third-order valence-electron chi connectivity index (χ3n) is 4.96. The number of carboxylic acid groups (broad SMARTS) is 1. The molecule has 0 radical (unpaired) electrons. The predicted octanol–water partition coefficient (Wildman–Crippen LogP) is 4.16. The molecule has 7 nitrogen and oxygen atoms in total.